The zero-order valence-corrected chi connectivity index (χ0v) is 15.2. The molecule has 0 bridgehead atoms. The highest BCUT2D eigenvalue weighted by Gasteiger charge is 2.32. The lowest BCUT2D eigenvalue weighted by molar-refractivity contribution is -0.125. The fourth-order valence-electron chi connectivity index (χ4n) is 2.83. The molecule has 6 nitrogen and oxygen atoms in total. The van der Waals surface area contributed by atoms with Crippen LogP contribution in [0.5, 0.6) is 5.75 Å². The van der Waals surface area contributed by atoms with E-state index in [0.29, 0.717) is 23.2 Å². The maximum absolute atomic E-state index is 12.5. The summed E-state index contributed by atoms with van der Waals surface area (Å²) in [6.07, 6.45) is 1.48. The summed E-state index contributed by atoms with van der Waals surface area (Å²) in [4.78, 5) is 19.8. The number of aromatic nitrogens is 2. The summed E-state index contributed by atoms with van der Waals surface area (Å²) < 4.78 is 11.0. The van der Waals surface area contributed by atoms with Gasteiger partial charge in [0.2, 0.25) is 11.7 Å². The van der Waals surface area contributed by atoms with Gasteiger partial charge in [-0.15, -0.1) is 11.8 Å². The van der Waals surface area contributed by atoms with Crippen LogP contribution >= 0.6 is 11.8 Å². The van der Waals surface area contributed by atoms with E-state index >= 15 is 0 Å². The van der Waals surface area contributed by atoms with E-state index < -0.39 is 6.10 Å². The maximum Gasteiger partial charge on any atom is 0.268 e. The first-order valence-corrected chi connectivity index (χ1v) is 9.42. The molecule has 0 unspecified atom stereocenters. The fraction of sp³-hybridized carbons (Fsp3) is 0.211. The van der Waals surface area contributed by atoms with Gasteiger partial charge in [-0.05, 0) is 49.6 Å². The van der Waals surface area contributed by atoms with E-state index in [-0.39, 0.29) is 12.5 Å². The van der Waals surface area contributed by atoms with E-state index in [0.717, 1.165) is 5.56 Å². The van der Waals surface area contributed by atoms with E-state index in [4.69, 9.17) is 9.26 Å². The van der Waals surface area contributed by atoms with Gasteiger partial charge in [0.1, 0.15) is 12.3 Å². The van der Waals surface area contributed by atoms with Crippen LogP contribution in [-0.4, -0.2) is 28.4 Å². The van der Waals surface area contributed by atoms with E-state index in [2.05, 4.69) is 10.1 Å². The summed E-state index contributed by atoms with van der Waals surface area (Å²) in [5.74, 6) is 1.43. The Morgan fingerprint density at radius 1 is 1.15 bits per heavy atom. The molecule has 3 aromatic rings. The number of anilines is 1. The van der Waals surface area contributed by atoms with Gasteiger partial charge >= 0.3 is 0 Å². The molecule has 26 heavy (non-hydrogen) atoms. The molecule has 0 radical (unpaired) electrons. The standard InChI is InChI=1S/C19H17N3O3S/c1-12-19(23)22(15-5-3-4-6-16(15)24-12)11-17-20-18(21-25-17)13-7-9-14(26-2)10-8-13/h3-10,12H,11H2,1-2H3/t12-/m0/s1. The highest BCUT2D eigenvalue weighted by atomic mass is 32.2. The van der Waals surface area contributed by atoms with Crippen molar-refractivity contribution < 1.29 is 14.1 Å². The monoisotopic (exact) mass is 367 g/mol. The van der Waals surface area contributed by atoms with E-state index in [9.17, 15) is 4.79 Å². The number of thioether (sulfide) groups is 1. The second-order valence-corrected chi connectivity index (χ2v) is 6.77. The highest BCUT2D eigenvalue weighted by molar-refractivity contribution is 7.98. The first-order chi connectivity index (χ1) is 12.7. The van der Waals surface area contributed by atoms with Crippen LogP contribution in [0.25, 0.3) is 11.4 Å². The van der Waals surface area contributed by atoms with Gasteiger partial charge in [0.15, 0.2) is 6.10 Å². The number of hydrogen-bond acceptors (Lipinski definition) is 6. The van der Waals surface area contributed by atoms with Crippen LogP contribution in [0.2, 0.25) is 0 Å². The van der Waals surface area contributed by atoms with Crippen molar-refractivity contribution in [1.82, 2.24) is 10.1 Å². The van der Waals surface area contributed by atoms with Crippen LogP contribution in [0, 0.1) is 0 Å². The number of fused-ring (bicyclic) bond motifs is 1. The molecule has 2 aromatic carbocycles. The smallest absolute Gasteiger partial charge is 0.268 e. The Labute approximate surface area is 155 Å². The van der Waals surface area contributed by atoms with Crippen LogP contribution in [0.3, 0.4) is 0 Å². The van der Waals surface area contributed by atoms with Crippen molar-refractivity contribution in [3.8, 4) is 17.1 Å². The summed E-state index contributed by atoms with van der Waals surface area (Å²) >= 11 is 1.67. The van der Waals surface area contributed by atoms with Crippen LogP contribution in [-0.2, 0) is 11.3 Å². The molecular formula is C19H17N3O3S. The average Bonchev–Trinajstić information content (AvgIpc) is 3.14. The predicted molar refractivity (Wildman–Crippen MR) is 99.2 cm³/mol. The number of carbonyl (C=O) groups excluding carboxylic acids is 1. The molecule has 2 heterocycles. The number of ether oxygens (including phenoxy) is 1. The van der Waals surface area contributed by atoms with Gasteiger partial charge in [-0.25, -0.2) is 0 Å². The lowest BCUT2D eigenvalue weighted by atomic mass is 10.2. The molecule has 1 aromatic heterocycles. The Morgan fingerprint density at radius 3 is 2.69 bits per heavy atom. The molecule has 1 atom stereocenters. The van der Waals surface area contributed by atoms with Gasteiger partial charge < -0.3 is 9.26 Å². The third-order valence-corrected chi connectivity index (χ3v) is 4.93. The minimum absolute atomic E-state index is 0.132. The second-order valence-electron chi connectivity index (χ2n) is 5.89. The maximum atomic E-state index is 12.5. The molecule has 1 aliphatic rings. The van der Waals surface area contributed by atoms with Crippen molar-refractivity contribution in [2.45, 2.75) is 24.5 Å². The Balaban J connectivity index is 1.59. The Kier molecular flexibility index (Phi) is 4.38. The molecule has 1 aliphatic heterocycles. The number of benzene rings is 2. The van der Waals surface area contributed by atoms with Crippen molar-refractivity contribution in [2.75, 3.05) is 11.2 Å². The molecular weight excluding hydrogens is 350 g/mol. The molecule has 4 rings (SSSR count). The molecule has 0 aliphatic carbocycles. The summed E-state index contributed by atoms with van der Waals surface area (Å²) in [7, 11) is 0. The second kappa shape index (κ2) is 6.84. The van der Waals surface area contributed by atoms with E-state index in [1.807, 2.05) is 54.8 Å². The van der Waals surface area contributed by atoms with E-state index in [1.54, 1.807) is 23.6 Å². The normalized spacial score (nSPS) is 16.3. The molecule has 0 N–H and O–H groups in total. The first-order valence-electron chi connectivity index (χ1n) is 8.20. The minimum Gasteiger partial charge on any atom is -0.479 e. The molecule has 7 heteroatoms. The molecule has 0 saturated heterocycles. The molecule has 1 amide bonds. The minimum atomic E-state index is -0.550. The Hall–Kier alpha value is -2.80. The number of rotatable bonds is 4. The Morgan fingerprint density at radius 2 is 1.92 bits per heavy atom. The molecule has 0 spiro atoms. The number of nitrogens with zero attached hydrogens (tertiary/aromatic N) is 3. The number of carbonyl (C=O) groups is 1. The topological polar surface area (TPSA) is 68.5 Å². The van der Waals surface area contributed by atoms with Crippen LogP contribution in [0.15, 0.2) is 57.9 Å². The summed E-state index contributed by atoms with van der Waals surface area (Å²) in [5.41, 5.74) is 1.58. The van der Waals surface area contributed by atoms with Crippen LogP contribution < -0.4 is 9.64 Å². The van der Waals surface area contributed by atoms with Gasteiger partial charge in [-0.2, -0.15) is 4.98 Å². The zero-order valence-electron chi connectivity index (χ0n) is 14.4. The predicted octanol–water partition coefficient (Wildman–Crippen LogP) is 3.77. The zero-order chi connectivity index (χ0) is 18.1. The fourth-order valence-corrected chi connectivity index (χ4v) is 3.24. The lowest BCUT2D eigenvalue weighted by Crippen LogP contribution is -2.44. The van der Waals surface area contributed by atoms with Crippen molar-refractivity contribution >= 4 is 23.4 Å². The van der Waals surface area contributed by atoms with Gasteiger partial charge in [-0.1, -0.05) is 17.3 Å². The van der Waals surface area contributed by atoms with Gasteiger partial charge in [0.05, 0.1) is 5.69 Å². The summed E-state index contributed by atoms with van der Waals surface area (Å²) in [6, 6.07) is 15.4. The molecule has 0 saturated carbocycles. The van der Waals surface area contributed by atoms with Gasteiger partial charge in [0, 0.05) is 10.5 Å². The number of hydrogen-bond donors (Lipinski definition) is 0. The highest BCUT2D eigenvalue weighted by Crippen LogP contribution is 2.34. The van der Waals surface area contributed by atoms with Gasteiger partial charge in [-0.3, -0.25) is 9.69 Å². The van der Waals surface area contributed by atoms with E-state index in [1.165, 1.54) is 4.90 Å². The number of para-hydroxylation sites is 2. The molecule has 132 valence electrons. The summed E-state index contributed by atoms with van der Waals surface area (Å²) in [5, 5.41) is 4.05. The average molecular weight is 367 g/mol. The van der Waals surface area contributed by atoms with Crippen molar-refractivity contribution in [2.24, 2.45) is 0 Å². The first kappa shape index (κ1) is 16.7. The van der Waals surface area contributed by atoms with Crippen molar-refractivity contribution in [3.63, 3.8) is 0 Å². The lowest BCUT2D eigenvalue weighted by Gasteiger charge is -2.31. The van der Waals surface area contributed by atoms with Crippen LogP contribution in [0.1, 0.15) is 12.8 Å². The Bertz CT molecular complexity index is 939. The summed E-state index contributed by atoms with van der Waals surface area (Å²) in [6.45, 7) is 1.94. The largest absolute Gasteiger partial charge is 0.479 e. The molecule has 0 fully saturated rings. The third kappa shape index (κ3) is 3.06. The third-order valence-electron chi connectivity index (χ3n) is 4.18. The SMILES string of the molecule is CSc1ccc(-c2noc(CN3C(=O)[C@H](C)Oc4ccccc43)n2)cc1. The van der Waals surface area contributed by atoms with Crippen molar-refractivity contribution in [3.05, 3.63) is 54.4 Å². The van der Waals surface area contributed by atoms with Crippen molar-refractivity contribution in [1.29, 1.82) is 0 Å². The van der Waals surface area contributed by atoms with Gasteiger partial charge in [0.25, 0.3) is 5.91 Å². The van der Waals surface area contributed by atoms with Crippen LogP contribution in [0.4, 0.5) is 5.69 Å². The number of amides is 1. The quantitative estimate of drug-likeness (QED) is 0.654.